The first kappa shape index (κ1) is 17.9. The zero-order valence-corrected chi connectivity index (χ0v) is 15.9. The summed E-state index contributed by atoms with van der Waals surface area (Å²) in [4.78, 5) is 14.5. The van der Waals surface area contributed by atoms with Gasteiger partial charge in [-0.05, 0) is 37.3 Å². The second-order valence-corrected chi connectivity index (χ2v) is 7.77. The number of hydrogen-bond donors (Lipinski definition) is 2. The van der Waals surface area contributed by atoms with Gasteiger partial charge in [0.15, 0.2) is 0 Å². The molecular formula is C20H23N7O2. The van der Waals surface area contributed by atoms with E-state index >= 15 is 0 Å². The third kappa shape index (κ3) is 3.73. The first-order valence-corrected chi connectivity index (χ1v) is 9.91. The molecule has 1 saturated heterocycles. The Bertz CT molecular complexity index is 982. The van der Waals surface area contributed by atoms with Crippen molar-refractivity contribution in [2.75, 3.05) is 18.4 Å². The lowest BCUT2D eigenvalue weighted by Gasteiger charge is -2.17. The van der Waals surface area contributed by atoms with E-state index in [2.05, 4.69) is 15.6 Å². The van der Waals surface area contributed by atoms with Crippen molar-refractivity contribution < 1.29 is 9.90 Å². The Morgan fingerprint density at radius 3 is 2.76 bits per heavy atom. The number of carbonyl (C=O) groups is 1. The zero-order valence-electron chi connectivity index (χ0n) is 15.9. The number of urea groups is 1. The fourth-order valence-electron chi connectivity index (χ4n) is 3.78. The van der Waals surface area contributed by atoms with Crippen molar-refractivity contribution in [2.24, 2.45) is 5.92 Å². The highest BCUT2D eigenvalue weighted by molar-refractivity contribution is 5.89. The summed E-state index contributed by atoms with van der Waals surface area (Å²) in [6.45, 7) is 0.607. The number of rotatable bonds is 5. The molecular weight excluding hydrogens is 370 g/mol. The largest absolute Gasteiger partial charge is 0.389 e. The summed E-state index contributed by atoms with van der Waals surface area (Å²) in [5.74, 6) is 1.34. The number of nitrogens with one attached hydrogen (secondary N) is 1. The molecule has 0 radical (unpaired) electrons. The number of para-hydroxylation sites is 1. The van der Waals surface area contributed by atoms with Gasteiger partial charge in [0.2, 0.25) is 0 Å². The normalized spacial score (nSPS) is 21.5. The van der Waals surface area contributed by atoms with Crippen LogP contribution >= 0.6 is 0 Å². The van der Waals surface area contributed by atoms with Crippen LogP contribution in [0, 0.1) is 5.92 Å². The summed E-state index contributed by atoms with van der Waals surface area (Å²) in [6, 6.07) is 11.2. The number of benzene rings is 1. The summed E-state index contributed by atoms with van der Waals surface area (Å²) < 4.78 is 3.37. The number of amides is 2. The SMILES string of the molecule is O=C(Nc1cc(CC2CC2)nn1-c1ccccc1)N1C[C@@H](O)[C@H](n2ccnn2)C1. The van der Waals surface area contributed by atoms with E-state index in [1.165, 1.54) is 12.8 Å². The molecule has 2 N–H and O–H groups in total. The Balaban J connectivity index is 1.35. The molecule has 2 amide bonds. The van der Waals surface area contributed by atoms with Gasteiger partial charge in [0.1, 0.15) is 5.82 Å². The lowest BCUT2D eigenvalue weighted by atomic mass is 10.2. The molecule has 2 atom stereocenters. The summed E-state index contributed by atoms with van der Waals surface area (Å²) in [5, 5.41) is 25.8. The second-order valence-electron chi connectivity index (χ2n) is 7.77. The van der Waals surface area contributed by atoms with Crippen LogP contribution in [0.4, 0.5) is 10.6 Å². The fraction of sp³-hybridized carbons (Fsp3) is 0.400. The van der Waals surface area contributed by atoms with Crippen molar-refractivity contribution in [3.05, 3.63) is 54.5 Å². The summed E-state index contributed by atoms with van der Waals surface area (Å²) in [7, 11) is 0. The van der Waals surface area contributed by atoms with Crippen molar-refractivity contribution in [3.63, 3.8) is 0 Å². The molecule has 2 aromatic heterocycles. The smallest absolute Gasteiger partial charge is 0.323 e. The average molecular weight is 393 g/mol. The monoisotopic (exact) mass is 393 g/mol. The lowest BCUT2D eigenvalue weighted by molar-refractivity contribution is 0.139. The van der Waals surface area contributed by atoms with Gasteiger partial charge in [-0.15, -0.1) is 5.10 Å². The van der Waals surface area contributed by atoms with Crippen molar-refractivity contribution in [1.82, 2.24) is 29.7 Å². The fourth-order valence-corrected chi connectivity index (χ4v) is 3.78. The Hall–Kier alpha value is -3.20. The summed E-state index contributed by atoms with van der Waals surface area (Å²) >= 11 is 0. The average Bonchev–Trinajstić information content (AvgIpc) is 3.10. The van der Waals surface area contributed by atoms with Crippen LogP contribution in [0.25, 0.3) is 5.69 Å². The minimum atomic E-state index is -0.688. The van der Waals surface area contributed by atoms with Crippen LogP contribution in [-0.4, -0.2) is 60.0 Å². The highest BCUT2D eigenvalue weighted by Crippen LogP contribution is 2.33. The van der Waals surface area contributed by atoms with E-state index in [4.69, 9.17) is 5.10 Å². The number of nitrogens with zero attached hydrogens (tertiary/aromatic N) is 6. The van der Waals surface area contributed by atoms with Gasteiger partial charge in [-0.25, -0.2) is 14.2 Å². The molecule has 0 spiro atoms. The Morgan fingerprint density at radius 2 is 2.03 bits per heavy atom. The van der Waals surface area contributed by atoms with Gasteiger partial charge in [0.05, 0.1) is 36.3 Å². The molecule has 5 rings (SSSR count). The quantitative estimate of drug-likeness (QED) is 0.689. The highest BCUT2D eigenvalue weighted by Gasteiger charge is 2.36. The van der Waals surface area contributed by atoms with Crippen LogP contribution in [0.1, 0.15) is 24.6 Å². The van der Waals surface area contributed by atoms with E-state index < -0.39 is 6.10 Å². The molecule has 0 unspecified atom stereocenters. The van der Waals surface area contributed by atoms with Crippen LogP contribution in [0.3, 0.4) is 0 Å². The maximum atomic E-state index is 12.9. The van der Waals surface area contributed by atoms with Crippen molar-refractivity contribution >= 4 is 11.8 Å². The third-order valence-corrected chi connectivity index (χ3v) is 5.52. The predicted molar refractivity (Wildman–Crippen MR) is 106 cm³/mol. The first-order chi connectivity index (χ1) is 14.2. The van der Waals surface area contributed by atoms with Crippen LogP contribution in [-0.2, 0) is 6.42 Å². The second kappa shape index (κ2) is 7.32. The van der Waals surface area contributed by atoms with Crippen molar-refractivity contribution in [1.29, 1.82) is 0 Å². The molecule has 1 aromatic carbocycles. The molecule has 150 valence electrons. The maximum Gasteiger partial charge on any atom is 0.323 e. The minimum absolute atomic E-state index is 0.241. The molecule has 0 bridgehead atoms. The van der Waals surface area contributed by atoms with E-state index in [0.29, 0.717) is 18.3 Å². The van der Waals surface area contributed by atoms with Gasteiger partial charge in [-0.1, -0.05) is 23.4 Å². The van der Waals surface area contributed by atoms with Crippen LogP contribution < -0.4 is 5.32 Å². The first-order valence-electron chi connectivity index (χ1n) is 9.91. The molecule has 2 aliphatic rings. The highest BCUT2D eigenvalue weighted by atomic mass is 16.3. The number of likely N-dealkylation sites (tertiary alicyclic amines) is 1. The van der Waals surface area contributed by atoms with Gasteiger partial charge in [-0.2, -0.15) is 5.10 Å². The Morgan fingerprint density at radius 1 is 1.21 bits per heavy atom. The topological polar surface area (TPSA) is 101 Å². The molecule has 1 aliphatic carbocycles. The lowest BCUT2D eigenvalue weighted by Crippen LogP contribution is -2.34. The molecule has 9 heteroatoms. The molecule has 3 heterocycles. The van der Waals surface area contributed by atoms with Crippen molar-refractivity contribution in [3.8, 4) is 5.69 Å². The van der Waals surface area contributed by atoms with Gasteiger partial charge < -0.3 is 10.0 Å². The molecule has 1 aliphatic heterocycles. The third-order valence-electron chi connectivity index (χ3n) is 5.52. The predicted octanol–water partition coefficient (Wildman–Crippen LogP) is 1.87. The number of aromatic nitrogens is 5. The number of hydrogen-bond acceptors (Lipinski definition) is 5. The maximum absolute atomic E-state index is 12.9. The molecule has 3 aromatic rings. The number of aliphatic hydroxyl groups excluding tert-OH is 1. The van der Waals surface area contributed by atoms with Crippen LogP contribution in [0.5, 0.6) is 0 Å². The van der Waals surface area contributed by atoms with E-state index in [0.717, 1.165) is 17.8 Å². The molecule has 29 heavy (non-hydrogen) atoms. The van der Waals surface area contributed by atoms with E-state index in [1.54, 1.807) is 26.7 Å². The molecule has 9 nitrogen and oxygen atoms in total. The van der Waals surface area contributed by atoms with Gasteiger partial charge in [0.25, 0.3) is 0 Å². The number of β-amino-alcohol motifs (C(OH)–C–C–N with tert-alkyl or cyclic N) is 1. The summed E-state index contributed by atoms with van der Waals surface area (Å²) in [6.07, 6.45) is 6.00. The van der Waals surface area contributed by atoms with Gasteiger partial charge >= 0.3 is 6.03 Å². The minimum Gasteiger partial charge on any atom is -0.389 e. The Kier molecular flexibility index (Phi) is 4.51. The van der Waals surface area contributed by atoms with E-state index in [1.807, 2.05) is 36.4 Å². The van der Waals surface area contributed by atoms with Crippen molar-refractivity contribution in [2.45, 2.75) is 31.4 Å². The number of anilines is 1. The van der Waals surface area contributed by atoms with E-state index in [9.17, 15) is 9.90 Å². The van der Waals surface area contributed by atoms with Crippen LogP contribution in [0.15, 0.2) is 48.8 Å². The van der Waals surface area contributed by atoms with E-state index in [-0.39, 0.29) is 18.6 Å². The zero-order chi connectivity index (χ0) is 19.8. The standard InChI is InChI=1S/C20H23N7O2/c28-18-13-25(12-17(18)26-9-8-21-24-26)20(29)22-19-11-15(10-14-6-7-14)23-27(19)16-4-2-1-3-5-16/h1-5,8-9,11,14,17-18,28H,6-7,10,12-13H2,(H,22,29)/t17-,18-/m1/s1. The Labute approximate surface area is 167 Å². The van der Waals surface area contributed by atoms with Gasteiger partial charge in [-0.3, -0.25) is 5.32 Å². The molecule has 1 saturated carbocycles. The summed E-state index contributed by atoms with van der Waals surface area (Å²) in [5.41, 5.74) is 1.88. The van der Waals surface area contributed by atoms with Gasteiger partial charge in [0, 0.05) is 18.8 Å². The molecule has 2 fully saturated rings. The number of carbonyl (C=O) groups excluding carboxylic acids is 1. The number of aliphatic hydroxyl groups is 1. The van der Waals surface area contributed by atoms with Crippen LogP contribution in [0.2, 0.25) is 0 Å².